The molecule has 4 aromatic rings. The molecule has 31 heavy (non-hydrogen) atoms. The van der Waals surface area contributed by atoms with Gasteiger partial charge in [-0.05, 0) is 26.0 Å². The van der Waals surface area contributed by atoms with E-state index in [1.54, 1.807) is 18.5 Å². The number of alkyl halides is 3. The molecule has 11 heteroatoms. The molecule has 162 valence electrons. The van der Waals surface area contributed by atoms with Crippen LogP contribution >= 0.6 is 0 Å². The summed E-state index contributed by atoms with van der Waals surface area (Å²) in [5, 5.41) is 5.32. The molecule has 1 aliphatic heterocycles. The van der Waals surface area contributed by atoms with Crippen LogP contribution in [0.2, 0.25) is 0 Å². The van der Waals surface area contributed by atoms with E-state index in [1.807, 2.05) is 17.9 Å². The third-order valence-electron chi connectivity index (χ3n) is 5.61. The summed E-state index contributed by atoms with van der Waals surface area (Å²) in [6.45, 7) is 4.65. The molecule has 5 rings (SSSR count). The number of ether oxygens (including phenoxy) is 1. The highest BCUT2D eigenvalue weighted by atomic mass is 19.4. The summed E-state index contributed by atoms with van der Waals surface area (Å²) in [5.41, 5.74) is 1.48. The van der Waals surface area contributed by atoms with E-state index < -0.39 is 12.2 Å². The van der Waals surface area contributed by atoms with Gasteiger partial charge in [0.2, 0.25) is 0 Å². The summed E-state index contributed by atoms with van der Waals surface area (Å²) in [5.74, 6) is 0.876. The van der Waals surface area contributed by atoms with E-state index in [0.29, 0.717) is 48.0 Å². The molecule has 2 atom stereocenters. The zero-order valence-corrected chi connectivity index (χ0v) is 16.9. The highest BCUT2D eigenvalue weighted by molar-refractivity contribution is 5.94. The van der Waals surface area contributed by atoms with Gasteiger partial charge in [0.15, 0.2) is 11.5 Å². The Hall–Kier alpha value is -3.21. The van der Waals surface area contributed by atoms with Crippen LogP contribution in [0.5, 0.6) is 0 Å². The quantitative estimate of drug-likeness (QED) is 0.532. The first-order chi connectivity index (χ1) is 14.8. The lowest BCUT2D eigenvalue weighted by Gasteiger charge is -2.34. The molecule has 1 fully saturated rings. The molecule has 1 N–H and O–H groups in total. The molecule has 0 bridgehead atoms. The Morgan fingerprint density at radius 3 is 2.84 bits per heavy atom. The maximum Gasteiger partial charge on any atom is 0.410 e. The summed E-state index contributed by atoms with van der Waals surface area (Å²) < 4.78 is 47.0. The standard InChI is InChI=1S/C20H20F3N7O/c1-11-10-31-8-7-29(11)18-15-9-26-30(12(2)20(21,22)23)19(15)28-17(27-18)14-4-6-25-16-13(14)3-5-24-16/h3-6,9,11-12H,7-8,10H2,1-2H3,(H,24,25). The lowest BCUT2D eigenvalue weighted by molar-refractivity contribution is -0.164. The van der Waals surface area contributed by atoms with Crippen LogP contribution in [0.1, 0.15) is 19.9 Å². The fourth-order valence-electron chi connectivity index (χ4n) is 3.87. The minimum atomic E-state index is -4.46. The molecule has 0 aliphatic carbocycles. The van der Waals surface area contributed by atoms with E-state index in [1.165, 1.54) is 6.20 Å². The average molecular weight is 431 g/mol. The largest absolute Gasteiger partial charge is 0.410 e. The number of halogens is 3. The topological polar surface area (TPSA) is 84.8 Å². The molecular weight excluding hydrogens is 411 g/mol. The molecule has 4 aromatic heterocycles. The summed E-state index contributed by atoms with van der Waals surface area (Å²) >= 11 is 0. The van der Waals surface area contributed by atoms with Crippen LogP contribution in [-0.4, -0.2) is 61.7 Å². The Morgan fingerprint density at radius 2 is 2.06 bits per heavy atom. The zero-order chi connectivity index (χ0) is 21.8. The van der Waals surface area contributed by atoms with E-state index in [2.05, 4.69) is 20.1 Å². The van der Waals surface area contributed by atoms with Crippen molar-refractivity contribution in [1.29, 1.82) is 0 Å². The van der Waals surface area contributed by atoms with Crippen LogP contribution in [0.15, 0.2) is 30.7 Å². The van der Waals surface area contributed by atoms with E-state index in [4.69, 9.17) is 9.72 Å². The van der Waals surface area contributed by atoms with Crippen molar-refractivity contribution in [3.05, 3.63) is 30.7 Å². The molecule has 2 unspecified atom stereocenters. The average Bonchev–Trinajstić information content (AvgIpc) is 3.39. The minimum Gasteiger partial charge on any atom is -0.377 e. The highest BCUT2D eigenvalue weighted by Gasteiger charge is 2.39. The van der Waals surface area contributed by atoms with Gasteiger partial charge in [-0.2, -0.15) is 18.3 Å². The lowest BCUT2D eigenvalue weighted by Crippen LogP contribution is -2.44. The van der Waals surface area contributed by atoms with Crippen LogP contribution in [0, 0.1) is 0 Å². The number of fused-ring (bicyclic) bond motifs is 2. The number of nitrogens with zero attached hydrogens (tertiary/aromatic N) is 6. The van der Waals surface area contributed by atoms with Gasteiger partial charge in [0.25, 0.3) is 0 Å². The van der Waals surface area contributed by atoms with Crippen LogP contribution in [0.3, 0.4) is 0 Å². The van der Waals surface area contributed by atoms with E-state index in [-0.39, 0.29) is 11.7 Å². The van der Waals surface area contributed by atoms with Crippen LogP contribution in [0.25, 0.3) is 33.5 Å². The summed E-state index contributed by atoms with van der Waals surface area (Å²) in [4.78, 5) is 18.7. The molecule has 1 aliphatic rings. The van der Waals surface area contributed by atoms with Crippen LogP contribution in [-0.2, 0) is 4.74 Å². The minimum absolute atomic E-state index is 0.00723. The number of hydrogen-bond acceptors (Lipinski definition) is 6. The van der Waals surface area contributed by atoms with Crippen LogP contribution < -0.4 is 4.90 Å². The van der Waals surface area contributed by atoms with Gasteiger partial charge in [-0.1, -0.05) is 0 Å². The highest BCUT2D eigenvalue weighted by Crippen LogP contribution is 2.36. The number of anilines is 1. The van der Waals surface area contributed by atoms with Crippen molar-refractivity contribution >= 4 is 27.9 Å². The van der Waals surface area contributed by atoms with Crippen molar-refractivity contribution in [3.63, 3.8) is 0 Å². The number of aromatic nitrogens is 6. The second-order valence-electron chi connectivity index (χ2n) is 7.63. The Kier molecular flexibility index (Phi) is 4.58. The first kappa shape index (κ1) is 19.7. The Labute approximate surface area is 175 Å². The third-order valence-corrected chi connectivity index (χ3v) is 5.61. The third kappa shape index (κ3) is 3.29. The Morgan fingerprint density at radius 1 is 1.23 bits per heavy atom. The van der Waals surface area contributed by atoms with Crippen molar-refractivity contribution in [2.45, 2.75) is 32.1 Å². The number of rotatable bonds is 3. The van der Waals surface area contributed by atoms with E-state index in [0.717, 1.165) is 17.0 Å². The fraction of sp³-hybridized carbons (Fsp3) is 0.400. The molecule has 0 saturated carbocycles. The Bertz CT molecular complexity index is 1250. The van der Waals surface area contributed by atoms with Gasteiger partial charge >= 0.3 is 6.18 Å². The number of hydrogen-bond donors (Lipinski definition) is 1. The van der Waals surface area contributed by atoms with Gasteiger partial charge in [-0.15, -0.1) is 0 Å². The van der Waals surface area contributed by atoms with Gasteiger partial charge in [0.1, 0.15) is 17.5 Å². The molecule has 1 saturated heterocycles. The second kappa shape index (κ2) is 7.19. The van der Waals surface area contributed by atoms with Gasteiger partial charge < -0.3 is 14.6 Å². The van der Waals surface area contributed by atoms with Gasteiger partial charge in [0, 0.05) is 29.9 Å². The predicted molar refractivity (Wildman–Crippen MR) is 109 cm³/mol. The van der Waals surface area contributed by atoms with Gasteiger partial charge in [0.05, 0.1) is 30.8 Å². The number of aromatic amines is 1. The predicted octanol–water partition coefficient (Wildman–Crippen LogP) is 3.72. The summed E-state index contributed by atoms with van der Waals surface area (Å²) in [7, 11) is 0. The SMILES string of the molecule is CC1COCCN1c1nc(-c2ccnc3[nH]ccc23)nc2c1cnn2C(C)C(F)(F)F. The molecule has 0 amide bonds. The summed E-state index contributed by atoms with van der Waals surface area (Å²) in [6.07, 6.45) is 0.327. The molecular formula is C20H20F3N7O. The van der Waals surface area contributed by atoms with Crippen molar-refractivity contribution in [2.24, 2.45) is 0 Å². The van der Waals surface area contributed by atoms with Crippen LogP contribution in [0.4, 0.5) is 19.0 Å². The van der Waals surface area contributed by atoms with Crippen molar-refractivity contribution in [3.8, 4) is 11.4 Å². The van der Waals surface area contributed by atoms with Gasteiger partial charge in [-0.3, -0.25) is 0 Å². The van der Waals surface area contributed by atoms with Crippen molar-refractivity contribution in [2.75, 3.05) is 24.7 Å². The Balaban J connectivity index is 1.77. The second-order valence-corrected chi connectivity index (χ2v) is 7.63. The number of pyridine rings is 1. The van der Waals surface area contributed by atoms with Crippen molar-refractivity contribution in [1.82, 2.24) is 29.7 Å². The first-order valence-electron chi connectivity index (χ1n) is 9.93. The smallest absolute Gasteiger partial charge is 0.377 e. The number of nitrogens with one attached hydrogen (secondary N) is 1. The maximum absolute atomic E-state index is 13.5. The zero-order valence-electron chi connectivity index (χ0n) is 16.9. The molecule has 0 radical (unpaired) electrons. The molecule has 0 aromatic carbocycles. The number of morpholine rings is 1. The first-order valence-corrected chi connectivity index (χ1v) is 9.93. The molecule has 5 heterocycles. The van der Waals surface area contributed by atoms with E-state index >= 15 is 0 Å². The number of H-pyrrole nitrogens is 1. The van der Waals surface area contributed by atoms with E-state index in [9.17, 15) is 13.2 Å². The van der Waals surface area contributed by atoms with Gasteiger partial charge in [-0.25, -0.2) is 19.6 Å². The summed E-state index contributed by atoms with van der Waals surface area (Å²) in [6, 6.07) is 1.79. The van der Waals surface area contributed by atoms with Crippen molar-refractivity contribution < 1.29 is 17.9 Å². The molecule has 0 spiro atoms. The monoisotopic (exact) mass is 431 g/mol. The molecule has 8 nitrogen and oxygen atoms in total. The lowest BCUT2D eigenvalue weighted by atomic mass is 10.1. The maximum atomic E-state index is 13.5. The normalized spacial score (nSPS) is 18.7. The fourth-order valence-corrected chi connectivity index (χ4v) is 3.87.